The molecule has 0 saturated heterocycles. The number of aromatic nitrogens is 5. The molecular formula is C22H17ClFN9O. The molecule has 0 aliphatic heterocycles. The van der Waals surface area contributed by atoms with Crippen LogP contribution < -0.4 is 22.3 Å². The molecule has 34 heavy (non-hydrogen) atoms. The molecule has 1 fully saturated rings. The van der Waals surface area contributed by atoms with Crippen molar-refractivity contribution >= 4 is 40.1 Å². The number of anilines is 3. The molecule has 10 nitrogen and oxygen atoms in total. The lowest BCUT2D eigenvalue weighted by atomic mass is 10.1. The number of hydrogen-bond donors (Lipinski definition) is 3. The summed E-state index contributed by atoms with van der Waals surface area (Å²) >= 11 is 6.31. The van der Waals surface area contributed by atoms with Crippen molar-refractivity contribution in [1.29, 1.82) is 5.26 Å². The summed E-state index contributed by atoms with van der Waals surface area (Å²) in [6.45, 7) is 0. The second kappa shape index (κ2) is 8.24. The van der Waals surface area contributed by atoms with Crippen molar-refractivity contribution in [2.45, 2.75) is 18.9 Å². The molecule has 0 radical (unpaired) electrons. The first-order chi connectivity index (χ1) is 16.4. The van der Waals surface area contributed by atoms with E-state index in [2.05, 4.69) is 25.3 Å². The Bertz CT molecular complexity index is 1530. The first-order valence-electron chi connectivity index (χ1n) is 10.3. The van der Waals surface area contributed by atoms with Gasteiger partial charge in [0, 0.05) is 6.20 Å². The van der Waals surface area contributed by atoms with E-state index in [1.807, 2.05) is 6.07 Å². The zero-order valence-electron chi connectivity index (χ0n) is 17.5. The van der Waals surface area contributed by atoms with Gasteiger partial charge in [0.25, 0.3) is 5.56 Å². The predicted molar refractivity (Wildman–Crippen MR) is 125 cm³/mol. The van der Waals surface area contributed by atoms with E-state index in [-0.39, 0.29) is 50.8 Å². The highest BCUT2D eigenvalue weighted by Gasteiger charge is 2.37. The molecule has 5 N–H and O–H groups in total. The molecule has 1 atom stereocenters. The highest BCUT2D eigenvalue weighted by molar-refractivity contribution is 6.35. The van der Waals surface area contributed by atoms with Gasteiger partial charge in [-0.1, -0.05) is 11.6 Å². The largest absolute Gasteiger partial charge is 0.382 e. The number of nitrogen functional groups attached to an aromatic ring is 2. The maximum Gasteiger partial charge on any atom is 0.267 e. The molecule has 1 unspecified atom stereocenters. The summed E-state index contributed by atoms with van der Waals surface area (Å²) in [4.78, 5) is 30.3. The van der Waals surface area contributed by atoms with Gasteiger partial charge in [0.1, 0.15) is 34.1 Å². The molecule has 4 aromatic rings. The maximum absolute atomic E-state index is 14.8. The van der Waals surface area contributed by atoms with Crippen molar-refractivity contribution in [3.63, 3.8) is 0 Å². The van der Waals surface area contributed by atoms with Gasteiger partial charge in [-0.05, 0) is 43.0 Å². The smallest absolute Gasteiger partial charge is 0.267 e. The van der Waals surface area contributed by atoms with E-state index in [0.717, 1.165) is 18.9 Å². The van der Waals surface area contributed by atoms with E-state index in [0.29, 0.717) is 5.69 Å². The van der Waals surface area contributed by atoms with Crippen molar-refractivity contribution in [2.75, 3.05) is 16.8 Å². The van der Waals surface area contributed by atoms with Crippen LogP contribution in [-0.2, 0) is 0 Å². The van der Waals surface area contributed by atoms with E-state index in [1.165, 1.54) is 16.8 Å². The standard InChI is InChI=1S/C22H17ClFN9O/c23-15-18(26)31-22(27)32-19(15)29-16(10-3-4-10)20-30-17-13(24)6-5-11(8-25)14(17)21(34)33(20)12-2-1-7-28-9-12/h1-2,5-7,9-10,16H,3-4H2,(H5,26,27,29,31,32). The fourth-order valence-corrected chi connectivity index (χ4v) is 4.00. The molecule has 3 heterocycles. The van der Waals surface area contributed by atoms with Gasteiger partial charge >= 0.3 is 0 Å². The quantitative estimate of drug-likeness (QED) is 0.392. The second-order valence-corrected chi connectivity index (χ2v) is 8.22. The van der Waals surface area contributed by atoms with E-state index in [1.54, 1.807) is 18.3 Å². The van der Waals surface area contributed by atoms with E-state index < -0.39 is 17.4 Å². The van der Waals surface area contributed by atoms with Gasteiger partial charge in [0.05, 0.1) is 28.9 Å². The van der Waals surface area contributed by atoms with Crippen LogP contribution in [0.3, 0.4) is 0 Å². The minimum Gasteiger partial charge on any atom is -0.382 e. The Morgan fingerprint density at radius 2 is 2.03 bits per heavy atom. The van der Waals surface area contributed by atoms with E-state index in [9.17, 15) is 14.4 Å². The molecule has 12 heteroatoms. The summed E-state index contributed by atoms with van der Waals surface area (Å²) in [5.74, 6) is -0.376. The van der Waals surface area contributed by atoms with Crippen LogP contribution in [0.5, 0.6) is 0 Å². The summed E-state index contributed by atoms with van der Waals surface area (Å²) in [5.41, 5.74) is 11.2. The third kappa shape index (κ3) is 3.64. The molecular weight excluding hydrogens is 461 g/mol. The Labute approximate surface area is 197 Å². The minimum absolute atomic E-state index is 0.00737. The third-order valence-corrected chi connectivity index (χ3v) is 5.96. The van der Waals surface area contributed by atoms with Gasteiger partial charge in [0.15, 0.2) is 5.82 Å². The fraction of sp³-hybridized carbons (Fsp3) is 0.182. The number of nitrogens with two attached hydrogens (primary N) is 2. The van der Waals surface area contributed by atoms with Crippen LogP contribution in [0.2, 0.25) is 5.02 Å². The normalized spacial score (nSPS) is 14.0. The molecule has 0 spiro atoms. The van der Waals surface area contributed by atoms with Crippen molar-refractivity contribution in [3.8, 4) is 11.8 Å². The van der Waals surface area contributed by atoms with Crippen LogP contribution in [0.4, 0.5) is 22.0 Å². The molecule has 3 aromatic heterocycles. The summed E-state index contributed by atoms with van der Waals surface area (Å²) in [6.07, 6.45) is 4.70. The van der Waals surface area contributed by atoms with Crippen LogP contribution in [0.15, 0.2) is 41.5 Å². The zero-order valence-corrected chi connectivity index (χ0v) is 18.3. The summed E-state index contributed by atoms with van der Waals surface area (Å²) < 4.78 is 16.2. The minimum atomic E-state index is -0.714. The van der Waals surface area contributed by atoms with Crippen molar-refractivity contribution < 1.29 is 4.39 Å². The molecule has 1 aliphatic carbocycles. The lowest BCUT2D eigenvalue weighted by Crippen LogP contribution is -2.30. The van der Waals surface area contributed by atoms with Gasteiger partial charge in [-0.15, -0.1) is 0 Å². The number of nitriles is 1. The number of fused-ring (bicyclic) bond motifs is 1. The molecule has 5 rings (SSSR count). The van der Waals surface area contributed by atoms with E-state index >= 15 is 0 Å². The van der Waals surface area contributed by atoms with Gasteiger partial charge in [-0.25, -0.2) is 9.37 Å². The zero-order chi connectivity index (χ0) is 24.0. The second-order valence-electron chi connectivity index (χ2n) is 7.84. The summed E-state index contributed by atoms with van der Waals surface area (Å²) in [5, 5.41) is 12.7. The Balaban J connectivity index is 1.80. The molecule has 1 aromatic carbocycles. The van der Waals surface area contributed by atoms with Crippen molar-refractivity contribution in [3.05, 3.63) is 69.2 Å². The number of rotatable bonds is 5. The lowest BCUT2D eigenvalue weighted by Gasteiger charge is -2.23. The van der Waals surface area contributed by atoms with Gasteiger partial charge in [-0.2, -0.15) is 15.2 Å². The van der Waals surface area contributed by atoms with Crippen LogP contribution in [0.1, 0.15) is 30.3 Å². The Hall–Kier alpha value is -4.30. The number of benzene rings is 1. The van der Waals surface area contributed by atoms with E-state index in [4.69, 9.17) is 23.1 Å². The number of hydrogen-bond acceptors (Lipinski definition) is 9. The molecule has 1 saturated carbocycles. The Morgan fingerprint density at radius 3 is 2.71 bits per heavy atom. The molecule has 0 amide bonds. The number of nitrogens with one attached hydrogen (secondary N) is 1. The fourth-order valence-electron chi connectivity index (χ4n) is 3.86. The topological polar surface area (TPSA) is 161 Å². The van der Waals surface area contributed by atoms with Crippen molar-refractivity contribution in [1.82, 2.24) is 24.5 Å². The first kappa shape index (κ1) is 21.5. The Kier molecular flexibility index (Phi) is 5.22. The van der Waals surface area contributed by atoms with Crippen molar-refractivity contribution in [2.24, 2.45) is 5.92 Å². The SMILES string of the molecule is N#Cc1ccc(F)c2nc(C(Nc3nc(N)nc(N)c3Cl)C3CC3)n(-c3cccnc3)c(=O)c12. The number of pyridine rings is 1. The maximum atomic E-state index is 14.8. The summed E-state index contributed by atoms with van der Waals surface area (Å²) in [7, 11) is 0. The van der Waals surface area contributed by atoms with Crippen LogP contribution in [0, 0.1) is 23.1 Å². The molecule has 1 aliphatic rings. The molecule has 0 bridgehead atoms. The monoisotopic (exact) mass is 477 g/mol. The van der Waals surface area contributed by atoms with Crippen LogP contribution >= 0.6 is 11.6 Å². The predicted octanol–water partition coefficient (Wildman–Crippen LogP) is 2.96. The number of halogens is 2. The van der Waals surface area contributed by atoms with Gasteiger partial charge in [0.2, 0.25) is 5.95 Å². The highest BCUT2D eigenvalue weighted by Crippen LogP contribution is 2.44. The average molecular weight is 478 g/mol. The third-order valence-electron chi connectivity index (χ3n) is 5.58. The van der Waals surface area contributed by atoms with Crippen LogP contribution in [0.25, 0.3) is 16.6 Å². The first-order valence-corrected chi connectivity index (χ1v) is 10.7. The lowest BCUT2D eigenvalue weighted by molar-refractivity contribution is 0.600. The highest BCUT2D eigenvalue weighted by atomic mass is 35.5. The molecule has 170 valence electrons. The van der Waals surface area contributed by atoms with Crippen LogP contribution in [-0.4, -0.2) is 24.5 Å². The average Bonchev–Trinajstić information content (AvgIpc) is 3.67. The Morgan fingerprint density at radius 1 is 1.24 bits per heavy atom. The van der Waals surface area contributed by atoms with Gasteiger partial charge in [-0.3, -0.25) is 14.3 Å². The van der Waals surface area contributed by atoms with Gasteiger partial charge < -0.3 is 16.8 Å². The summed E-state index contributed by atoms with van der Waals surface area (Å²) in [6, 6.07) is 7.06. The number of nitrogens with zero attached hydrogens (tertiary/aromatic N) is 6.